The Hall–Kier alpha value is -1.65. The molecule has 1 amide bonds. The highest BCUT2D eigenvalue weighted by atomic mass is 35.5. The Bertz CT molecular complexity index is 645. The van der Waals surface area contributed by atoms with Gasteiger partial charge < -0.3 is 0 Å². The zero-order chi connectivity index (χ0) is 12.7. The molecule has 0 unspecified atom stereocenters. The van der Waals surface area contributed by atoms with Crippen LogP contribution in [0.15, 0.2) is 30.5 Å². The molecule has 18 heavy (non-hydrogen) atoms. The van der Waals surface area contributed by atoms with Gasteiger partial charge >= 0.3 is 0 Å². The van der Waals surface area contributed by atoms with E-state index in [1.165, 1.54) is 11.1 Å². The summed E-state index contributed by atoms with van der Waals surface area (Å²) in [5.41, 5.74) is 1.62. The number of rotatable bonds is 1. The maximum Gasteiger partial charge on any atom is 0.260 e. The molecule has 2 heterocycles. The van der Waals surface area contributed by atoms with E-state index in [9.17, 15) is 4.79 Å². The zero-order valence-electron chi connectivity index (χ0n) is 9.10. The van der Waals surface area contributed by atoms with Gasteiger partial charge in [0.15, 0.2) is 5.82 Å². The molecule has 0 spiro atoms. The minimum absolute atomic E-state index is 0.0677. The number of amides is 1. The molecule has 0 fully saturated rings. The van der Waals surface area contributed by atoms with Crippen LogP contribution in [0.2, 0.25) is 10.3 Å². The van der Waals surface area contributed by atoms with Gasteiger partial charge in [0.25, 0.3) is 5.91 Å². The molecule has 0 saturated carbocycles. The van der Waals surface area contributed by atoms with E-state index >= 15 is 0 Å². The fraction of sp³-hybridized carbons (Fsp3) is 0.0833. The Morgan fingerprint density at radius 1 is 1.22 bits per heavy atom. The average molecular weight is 280 g/mol. The number of carbonyl (C=O) groups excluding carboxylic acids is 1. The van der Waals surface area contributed by atoms with Gasteiger partial charge in [-0.05, 0) is 23.2 Å². The van der Waals surface area contributed by atoms with E-state index < -0.39 is 0 Å². The average Bonchev–Trinajstić information content (AvgIpc) is 2.71. The molecule has 1 aromatic heterocycles. The third-order valence-corrected chi connectivity index (χ3v) is 3.22. The topological polar surface area (TPSA) is 46.1 Å². The highest BCUT2D eigenvalue weighted by molar-refractivity contribution is 6.34. The summed E-state index contributed by atoms with van der Waals surface area (Å²) in [5, 5.41) is 0.374. The second-order valence-electron chi connectivity index (χ2n) is 3.86. The number of anilines is 1. The van der Waals surface area contributed by atoms with Gasteiger partial charge in [-0.25, -0.2) is 4.98 Å². The van der Waals surface area contributed by atoms with Crippen molar-refractivity contribution in [3.8, 4) is 0 Å². The summed E-state index contributed by atoms with van der Waals surface area (Å²) in [5.74, 6) is 0.222. The van der Waals surface area contributed by atoms with Crippen molar-refractivity contribution in [3.63, 3.8) is 0 Å². The SMILES string of the molecule is O=C1c2ccccc2CN1c1nc(Cl)ncc1Cl. The molecule has 4 nitrogen and oxygen atoms in total. The van der Waals surface area contributed by atoms with Crippen molar-refractivity contribution < 1.29 is 4.79 Å². The number of fused-ring (bicyclic) bond motifs is 1. The van der Waals surface area contributed by atoms with Crippen molar-refractivity contribution in [2.24, 2.45) is 0 Å². The van der Waals surface area contributed by atoms with Crippen molar-refractivity contribution in [1.29, 1.82) is 0 Å². The molecule has 1 aliphatic heterocycles. The first-order chi connectivity index (χ1) is 8.66. The largest absolute Gasteiger partial charge is 0.287 e. The number of hydrogen-bond donors (Lipinski definition) is 0. The van der Waals surface area contributed by atoms with Crippen LogP contribution in [0, 0.1) is 0 Å². The molecule has 6 heteroatoms. The lowest BCUT2D eigenvalue weighted by molar-refractivity contribution is 0.0996. The first kappa shape index (κ1) is 11.4. The zero-order valence-corrected chi connectivity index (χ0v) is 10.6. The lowest BCUT2D eigenvalue weighted by Crippen LogP contribution is -2.24. The molecule has 1 aliphatic rings. The fourth-order valence-corrected chi connectivity index (χ4v) is 2.27. The maximum atomic E-state index is 12.2. The molecular formula is C12H7Cl2N3O. The van der Waals surface area contributed by atoms with Gasteiger partial charge in [-0.2, -0.15) is 4.98 Å². The molecular weight excluding hydrogens is 273 g/mol. The Labute approximate surface area is 113 Å². The fourth-order valence-electron chi connectivity index (χ4n) is 1.95. The number of hydrogen-bond acceptors (Lipinski definition) is 3. The summed E-state index contributed by atoms with van der Waals surface area (Å²) in [6, 6.07) is 7.41. The van der Waals surface area contributed by atoms with Crippen LogP contribution in [0.1, 0.15) is 15.9 Å². The van der Waals surface area contributed by atoms with Crippen molar-refractivity contribution >= 4 is 34.9 Å². The van der Waals surface area contributed by atoms with Crippen molar-refractivity contribution in [3.05, 3.63) is 51.9 Å². The van der Waals surface area contributed by atoms with Crippen molar-refractivity contribution in [1.82, 2.24) is 9.97 Å². The number of benzene rings is 1. The van der Waals surface area contributed by atoms with Crippen molar-refractivity contribution in [2.45, 2.75) is 6.54 Å². The second kappa shape index (κ2) is 4.23. The number of nitrogens with zero attached hydrogens (tertiary/aromatic N) is 3. The van der Waals surface area contributed by atoms with Crippen LogP contribution in [0.5, 0.6) is 0 Å². The Balaban J connectivity index is 2.06. The minimum Gasteiger partial charge on any atom is -0.287 e. The quantitative estimate of drug-likeness (QED) is 0.754. The molecule has 3 rings (SSSR count). The van der Waals surface area contributed by atoms with Crippen LogP contribution < -0.4 is 4.90 Å². The summed E-state index contributed by atoms with van der Waals surface area (Å²) in [7, 11) is 0. The third-order valence-electron chi connectivity index (χ3n) is 2.77. The molecule has 0 N–H and O–H groups in total. The first-order valence-electron chi connectivity index (χ1n) is 5.24. The summed E-state index contributed by atoms with van der Waals surface area (Å²) in [4.78, 5) is 21.5. The van der Waals surface area contributed by atoms with Gasteiger partial charge in [-0.15, -0.1) is 0 Å². The summed E-state index contributed by atoms with van der Waals surface area (Å²) < 4.78 is 0. The lowest BCUT2D eigenvalue weighted by atomic mass is 10.1. The second-order valence-corrected chi connectivity index (χ2v) is 4.60. The normalized spacial score (nSPS) is 13.9. The Morgan fingerprint density at radius 2 is 2.00 bits per heavy atom. The van der Waals surface area contributed by atoms with E-state index in [0.29, 0.717) is 22.9 Å². The van der Waals surface area contributed by atoms with E-state index in [-0.39, 0.29) is 11.2 Å². The van der Waals surface area contributed by atoms with Gasteiger partial charge in [-0.1, -0.05) is 29.8 Å². The molecule has 1 aromatic carbocycles. The molecule has 0 saturated heterocycles. The van der Waals surface area contributed by atoms with Gasteiger partial charge in [-0.3, -0.25) is 9.69 Å². The monoisotopic (exact) mass is 279 g/mol. The van der Waals surface area contributed by atoms with E-state index in [0.717, 1.165) is 5.56 Å². The van der Waals surface area contributed by atoms with E-state index in [1.807, 2.05) is 18.2 Å². The van der Waals surface area contributed by atoms with Crippen molar-refractivity contribution in [2.75, 3.05) is 4.90 Å². The lowest BCUT2D eigenvalue weighted by Gasteiger charge is -2.15. The van der Waals surface area contributed by atoms with Crippen LogP contribution in [0.4, 0.5) is 5.82 Å². The first-order valence-corrected chi connectivity index (χ1v) is 6.00. The van der Waals surface area contributed by atoms with Gasteiger partial charge in [0.05, 0.1) is 12.7 Å². The number of aromatic nitrogens is 2. The highest BCUT2D eigenvalue weighted by Gasteiger charge is 2.30. The van der Waals surface area contributed by atoms with Gasteiger partial charge in [0, 0.05) is 5.56 Å². The molecule has 0 atom stereocenters. The summed E-state index contributed by atoms with van der Waals surface area (Å²) in [6.07, 6.45) is 1.39. The van der Waals surface area contributed by atoms with E-state index in [2.05, 4.69) is 9.97 Å². The summed E-state index contributed by atoms with van der Waals surface area (Å²) in [6.45, 7) is 0.446. The minimum atomic E-state index is -0.123. The highest BCUT2D eigenvalue weighted by Crippen LogP contribution is 2.31. The van der Waals surface area contributed by atoms with Gasteiger partial charge in [0.1, 0.15) is 5.02 Å². The Morgan fingerprint density at radius 3 is 2.78 bits per heavy atom. The van der Waals surface area contributed by atoms with Crippen LogP contribution in [0.3, 0.4) is 0 Å². The molecule has 0 radical (unpaired) electrons. The molecule has 2 aromatic rings. The predicted molar refractivity (Wildman–Crippen MR) is 69.0 cm³/mol. The smallest absolute Gasteiger partial charge is 0.260 e. The number of halogens is 2. The molecule has 0 aliphatic carbocycles. The maximum absolute atomic E-state index is 12.2. The van der Waals surface area contributed by atoms with Crippen LogP contribution in [-0.4, -0.2) is 15.9 Å². The molecule has 0 bridgehead atoms. The number of carbonyl (C=O) groups is 1. The molecule has 90 valence electrons. The summed E-state index contributed by atoms with van der Waals surface area (Å²) >= 11 is 11.7. The Kier molecular flexibility index (Phi) is 2.69. The third kappa shape index (κ3) is 1.74. The van der Waals surface area contributed by atoms with Gasteiger partial charge in [0.2, 0.25) is 5.28 Å². The van der Waals surface area contributed by atoms with Crippen LogP contribution in [0.25, 0.3) is 0 Å². The van der Waals surface area contributed by atoms with Crippen LogP contribution in [-0.2, 0) is 6.54 Å². The standard InChI is InChI=1S/C12H7Cl2N3O/c13-9-5-15-12(14)16-10(9)17-6-7-3-1-2-4-8(7)11(17)18/h1-5H,6H2. The van der Waals surface area contributed by atoms with E-state index in [4.69, 9.17) is 23.2 Å². The van der Waals surface area contributed by atoms with Crippen LogP contribution >= 0.6 is 23.2 Å². The predicted octanol–water partition coefficient (Wildman–Crippen LogP) is 2.94. The van der Waals surface area contributed by atoms with E-state index in [1.54, 1.807) is 6.07 Å².